The van der Waals surface area contributed by atoms with Crippen molar-refractivity contribution in [2.75, 3.05) is 49.7 Å². The second kappa shape index (κ2) is 7.75. The summed E-state index contributed by atoms with van der Waals surface area (Å²) in [6.45, 7) is 4.44. The Balaban J connectivity index is 1.34. The lowest BCUT2D eigenvalue weighted by atomic mass is 10.2. The summed E-state index contributed by atoms with van der Waals surface area (Å²) in [5.41, 5.74) is 2.63. The average molecular weight is 405 g/mol. The summed E-state index contributed by atoms with van der Waals surface area (Å²) in [5.74, 6) is 0.970. The number of hydrogen-bond donors (Lipinski definition) is 1. The zero-order chi connectivity index (χ0) is 20.5. The fourth-order valence-electron chi connectivity index (χ4n) is 3.98. The van der Waals surface area contributed by atoms with E-state index >= 15 is 0 Å². The maximum atomic E-state index is 12.6. The predicted molar refractivity (Wildman–Crippen MR) is 116 cm³/mol. The van der Waals surface area contributed by atoms with Crippen LogP contribution in [0.1, 0.15) is 0 Å². The Labute approximate surface area is 172 Å². The molecule has 4 heterocycles. The van der Waals surface area contributed by atoms with E-state index in [1.807, 2.05) is 30.5 Å². The highest BCUT2D eigenvalue weighted by Crippen LogP contribution is 2.25. The van der Waals surface area contributed by atoms with E-state index in [1.165, 1.54) is 0 Å². The molecule has 1 N–H and O–H groups in total. The lowest BCUT2D eigenvalue weighted by molar-refractivity contribution is 0.186. The van der Waals surface area contributed by atoms with E-state index < -0.39 is 0 Å². The van der Waals surface area contributed by atoms with Crippen LogP contribution in [0.3, 0.4) is 0 Å². The highest BCUT2D eigenvalue weighted by Gasteiger charge is 2.21. The van der Waals surface area contributed by atoms with Crippen LogP contribution in [0.15, 0.2) is 47.9 Å². The predicted octanol–water partition coefficient (Wildman–Crippen LogP) is 1.64. The van der Waals surface area contributed by atoms with Gasteiger partial charge < -0.3 is 19.5 Å². The van der Waals surface area contributed by atoms with Gasteiger partial charge in [-0.3, -0.25) is 9.36 Å². The van der Waals surface area contributed by atoms with Gasteiger partial charge in [0.1, 0.15) is 17.8 Å². The summed E-state index contributed by atoms with van der Waals surface area (Å²) < 4.78 is 6.65. The van der Waals surface area contributed by atoms with E-state index in [2.05, 4.69) is 29.7 Å². The molecule has 5 rings (SSSR count). The molecule has 3 aromatic heterocycles. The van der Waals surface area contributed by atoms with Crippen LogP contribution in [0.4, 0.5) is 11.5 Å². The minimum atomic E-state index is -0.0345. The van der Waals surface area contributed by atoms with Gasteiger partial charge in [-0.25, -0.2) is 15.0 Å². The Morgan fingerprint density at radius 1 is 1.03 bits per heavy atom. The van der Waals surface area contributed by atoms with Crippen molar-refractivity contribution in [1.29, 1.82) is 0 Å². The number of H-pyrrole nitrogens is 1. The van der Waals surface area contributed by atoms with Crippen LogP contribution in [0.25, 0.3) is 21.9 Å². The van der Waals surface area contributed by atoms with Crippen LogP contribution in [0, 0.1) is 0 Å². The van der Waals surface area contributed by atoms with E-state index in [4.69, 9.17) is 4.74 Å². The number of nitrogens with one attached hydrogen (secondary N) is 1. The van der Waals surface area contributed by atoms with Crippen molar-refractivity contribution in [2.24, 2.45) is 0 Å². The monoisotopic (exact) mass is 405 g/mol. The van der Waals surface area contributed by atoms with Crippen LogP contribution in [0.2, 0.25) is 0 Å². The highest BCUT2D eigenvalue weighted by atomic mass is 16.5. The molecule has 0 spiro atoms. The summed E-state index contributed by atoms with van der Waals surface area (Å²) in [4.78, 5) is 33.7. The largest absolute Gasteiger partial charge is 0.383 e. The molecule has 0 saturated carbocycles. The number of nitrogens with zero attached hydrogens (tertiary/aromatic N) is 6. The second-order valence-electron chi connectivity index (χ2n) is 7.35. The fourth-order valence-corrected chi connectivity index (χ4v) is 3.98. The van der Waals surface area contributed by atoms with Crippen molar-refractivity contribution in [2.45, 2.75) is 6.54 Å². The van der Waals surface area contributed by atoms with Crippen molar-refractivity contribution in [3.8, 4) is 0 Å². The van der Waals surface area contributed by atoms with Crippen molar-refractivity contribution in [3.05, 3.63) is 53.5 Å². The van der Waals surface area contributed by atoms with Crippen LogP contribution in [-0.4, -0.2) is 64.4 Å². The van der Waals surface area contributed by atoms with Gasteiger partial charge in [0.15, 0.2) is 0 Å². The van der Waals surface area contributed by atoms with E-state index in [0.717, 1.165) is 54.2 Å². The Hall–Kier alpha value is -3.46. The van der Waals surface area contributed by atoms with Crippen molar-refractivity contribution < 1.29 is 4.74 Å². The number of benzene rings is 1. The lowest BCUT2D eigenvalue weighted by Gasteiger charge is -2.37. The van der Waals surface area contributed by atoms with Gasteiger partial charge in [-0.2, -0.15) is 0 Å². The van der Waals surface area contributed by atoms with Gasteiger partial charge in [-0.1, -0.05) is 0 Å². The zero-order valence-corrected chi connectivity index (χ0v) is 16.8. The summed E-state index contributed by atoms with van der Waals surface area (Å²) in [7, 11) is 1.62. The van der Waals surface area contributed by atoms with Gasteiger partial charge in [-0.05, 0) is 24.3 Å². The minimum absolute atomic E-state index is 0.0345. The lowest BCUT2D eigenvalue weighted by Crippen LogP contribution is -2.46. The van der Waals surface area contributed by atoms with Gasteiger partial charge in [0.25, 0.3) is 5.56 Å². The summed E-state index contributed by atoms with van der Waals surface area (Å²) in [5, 5.41) is 1.68. The van der Waals surface area contributed by atoms with E-state index in [9.17, 15) is 4.79 Å². The van der Waals surface area contributed by atoms with Crippen LogP contribution >= 0.6 is 0 Å². The molecule has 1 aromatic carbocycles. The Bertz CT molecular complexity index is 1240. The number of piperazine rings is 1. The number of anilines is 2. The molecule has 0 unspecified atom stereocenters. The first-order valence-electron chi connectivity index (χ1n) is 10.0. The summed E-state index contributed by atoms with van der Waals surface area (Å²) >= 11 is 0. The van der Waals surface area contributed by atoms with Gasteiger partial charge in [-0.15, -0.1) is 0 Å². The zero-order valence-electron chi connectivity index (χ0n) is 16.8. The average Bonchev–Trinajstić information content (AvgIpc) is 3.28. The summed E-state index contributed by atoms with van der Waals surface area (Å²) in [6.07, 6.45) is 5.10. The number of methoxy groups -OCH3 is 1. The minimum Gasteiger partial charge on any atom is -0.383 e. The smallest absolute Gasteiger partial charge is 0.261 e. The molecular weight excluding hydrogens is 382 g/mol. The van der Waals surface area contributed by atoms with Crippen LogP contribution in [-0.2, 0) is 11.3 Å². The first-order chi connectivity index (χ1) is 14.7. The number of ether oxygens (including phenoxy) is 1. The molecule has 154 valence electrons. The van der Waals surface area contributed by atoms with Crippen molar-refractivity contribution in [3.63, 3.8) is 0 Å². The topological polar surface area (TPSA) is 92.2 Å². The number of rotatable bonds is 5. The SMILES string of the molecule is COCCn1cnc2cc(N3CCN(c4ncnc5[nH]ccc45)CC3)ccc2c1=O. The molecule has 0 radical (unpaired) electrons. The Morgan fingerprint density at radius 3 is 2.70 bits per heavy atom. The maximum absolute atomic E-state index is 12.6. The molecule has 1 fully saturated rings. The molecule has 9 nitrogen and oxygen atoms in total. The first kappa shape index (κ1) is 18.6. The molecule has 0 atom stereocenters. The standard InChI is InChI=1S/C21H23N7O2/c1-30-11-10-28-14-25-18-12-15(2-3-16(18)21(28)29)26-6-8-27(9-7-26)20-17-4-5-22-19(17)23-13-24-20/h2-5,12-14H,6-11H2,1H3,(H,22,23,24). The Morgan fingerprint density at radius 2 is 1.87 bits per heavy atom. The van der Waals surface area contributed by atoms with Gasteiger partial charge in [0, 0.05) is 45.2 Å². The molecular formula is C21H23N7O2. The third kappa shape index (κ3) is 3.26. The number of aromatic amines is 1. The summed E-state index contributed by atoms with van der Waals surface area (Å²) in [6, 6.07) is 7.91. The molecule has 30 heavy (non-hydrogen) atoms. The van der Waals surface area contributed by atoms with E-state index in [1.54, 1.807) is 24.3 Å². The van der Waals surface area contributed by atoms with E-state index in [-0.39, 0.29) is 5.56 Å². The van der Waals surface area contributed by atoms with Gasteiger partial charge in [0.05, 0.1) is 35.8 Å². The van der Waals surface area contributed by atoms with Crippen molar-refractivity contribution in [1.82, 2.24) is 24.5 Å². The van der Waals surface area contributed by atoms with Crippen molar-refractivity contribution >= 4 is 33.4 Å². The third-order valence-corrected chi connectivity index (χ3v) is 5.62. The van der Waals surface area contributed by atoms with Gasteiger partial charge in [0.2, 0.25) is 0 Å². The molecule has 0 aliphatic carbocycles. The molecule has 0 amide bonds. The fraction of sp³-hybridized carbons (Fsp3) is 0.333. The highest BCUT2D eigenvalue weighted by molar-refractivity contribution is 5.87. The maximum Gasteiger partial charge on any atom is 0.261 e. The molecule has 1 saturated heterocycles. The first-order valence-corrected chi connectivity index (χ1v) is 10.0. The van der Waals surface area contributed by atoms with E-state index in [0.29, 0.717) is 18.5 Å². The second-order valence-corrected chi connectivity index (χ2v) is 7.35. The quantitative estimate of drug-likeness (QED) is 0.540. The van der Waals surface area contributed by atoms with Gasteiger partial charge >= 0.3 is 0 Å². The Kier molecular flexibility index (Phi) is 4.80. The number of aromatic nitrogens is 5. The molecule has 1 aliphatic rings. The normalized spacial score (nSPS) is 14.7. The molecule has 9 heteroatoms. The third-order valence-electron chi connectivity index (χ3n) is 5.62. The molecule has 0 bridgehead atoms. The number of hydrogen-bond acceptors (Lipinski definition) is 7. The van der Waals surface area contributed by atoms with Crippen LogP contribution in [0.5, 0.6) is 0 Å². The molecule has 4 aromatic rings. The van der Waals surface area contributed by atoms with Crippen LogP contribution < -0.4 is 15.4 Å². The molecule has 1 aliphatic heterocycles. The number of fused-ring (bicyclic) bond motifs is 2.